The summed E-state index contributed by atoms with van der Waals surface area (Å²) in [6.07, 6.45) is 7.54. The molecule has 1 saturated carbocycles. The van der Waals surface area contributed by atoms with Crippen LogP contribution in [-0.4, -0.2) is 26.6 Å². The Morgan fingerprint density at radius 2 is 1.67 bits per heavy atom. The number of hydrogen-bond acceptors (Lipinski definition) is 3. The Kier molecular flexibility index (Phi) is 5.64. The molecule has 0 spiro atoms. The van der Waals surface area contributed by atoms with Crippen molar-refractivity contribution in [2.75, 3.05) is 16.6 Å². The molecule has 0 atom stereocenters. The van der Waals surface area contributed by atoms with Gasteiger partial charge in [-0.3, -0.25) is 9.10 Å². The van der Waals surface area contributed by atoms with E-state index in [-0.39, 0.29) is 17.5 Å². The van der Waals surface area contributed by atoms with Crippen molar-refractivity contribution < 1.29 is 17.6 Å². The van der Waals surface area contributed by atoms with Gasteiger partial charge in [0.05, 0.1) is 17.0 Å². The first-order valence-corrected chi connectivity index (χ1v) is 11.9. The highest BCUT2D eigenvalue weighted by molar-refractivity contribution is 7.93. The van der Waals surface area contributed by atoms with Gasteiger partial charge in [-0.05, 0) is 60.7 Å². The van der Waals surface area contributed by atoms with Crippen LogP contribution in [0.1, 0.15) is 43.2 Å². The van der Waals surface area contributed by atoms with Crippen LogP contribution in [0.2, 0.25) is 0 Å². The number of hydrogen-bond donors (Lipinski definition) is 1. The van der Waals surface area contributed by atoms with Gasteiger partial charge >= 0.3 is 0 Å². The Bertz CT molecular complexity index is 1040. The maximum Gasteiger partial charge on any atom is 0.244 e. The van der Waals surface area contributed by atoms with Gasteiger partial charge in [0.15, 0.2) is 0 Å². The summed E-state index contributed by atoms with van der Waals surface area (Å²) in [6.45, 7) is 0.505. The SMILES string of the molecule is O=C(/C=C/c1ccc(N2CCCS2(=O)=O)cc1)NC1(c2ccc(F)cc2)CCCC1. The molecular formula is C23H25FN2O3S. The van der Waals surface area contributed by atoms with Crippen LogP contribution < -0.4 is 9.62 Å². The van der Waals surface area contributed by atoms with Crippen LogP contribution in [0.15, 0.2) is 54.6 Å². The molecule has 2 fully saturated rings. The Labute approximate surface area is 176 Å². The van der Waals surface area contributed by atoms with E-state index in [0.717, 1.165) is 36.8 Å². The van der Waals surface area contributed by atoms with Gasteiger partial charge in [0.1, 0.15) is 5.82 Å². The summed E-state index contributed by atoms with van der Waals surface area (Å²) < 4.78 is 38.8. The quantitative estimate of drug-likeness (QED) is 0.733. The van der Waals surface area contributed by atoms with E-state index in [4.69, 9.17) is 0 Å². The highest BCUT2D eigenvalue weighted by Gasteiger charge is 2.36. The Morgan fingerprint density at radius 1 is 1.00 bits per heavy atom. The summed E-state index contributed by atoms with van der Waals surface area (Å²) >= 11 is 0. The van der Waals surface area contributed by atoms with Gasteiger partial charge in [-0.1, -0.05) is 37.1 Å². The zero-order chi connectivity index (χ0) is 21.2. The maximum absolute atomic E-state index is 13.3. The number of benzene rings is 2. The lowest BCUT2D eigenvalue weighted by atomic mass is 9.88. The molecule has 1 N–H and O–H groups in total. The first kappa shape index (κ1) is 20.6. The van der Waals surface area contributed by atoms with E-state index < -0.39 is 15.6 Å². The molecule has 1 aliphatic heterocycles. The minimum absolute atomic E-state index is 0.185. The van der Waals surface area contributed by atoms with E-state index in [1.54, 1.807) is 42.5 Å². The fourth-order valence-electron chi connectivity index (χ4n) is 4.36. The second-order valence-electron chi connectivity index (χ2n) is 7.95. The second kappa shape index (κ2) is 8.22. The third kappa shape index (κ3) is 4.26. The van der Waals surface area contributed by atoms with Crippen LogP contribution in [0.3, 0.4) is 0 Å². The first-order chi connectivity index (χ1) is 14.4. The summed E-state index contributed by atoms with van der Waals surface area (Å²) in [7, 11) is -3.20. The van der Waals surface area contributed by atoms with Crippen molar-refractivity contribution in [3.63, 3.8) is 0 Å². The Balaban J connectivity index is 1.45. The Morgan fingerprint density at radius 3 is 2.27 bits per heavy atom. The van der Waals surface area contributed by atoms with E-state index in [9.17, 15) is 17.6 Å². The number of rotatable bonds is 5. The van der Waals surface area contributed by atoms with E-state index in [1.165, 1.54) is 22.5 Å². The van der Waals surface area contributed by atoms with Crippen LogP contribution in [0.4, 0.5) is 10.1 Å². The summed E-state index contributed by atoms with van der Waals surface area (Å²) in [6, 6.07) is 13.5. The van der Waals surface area contributed by atoms with Crippen molar-refractivity contribution in [3.8, 4) is 0 Å². The van der Waals surface area contributed by atoms with Crippen LogP contribution in [0.25, 0.3) is 6.08 Å². The molecular weight excluding hydrogens is 403 g/mol. The number of carbonyl (C=O) groups is 1. The lowest BCUT2D eigenvalue weighted by molar-refractivity contribution is -0.118. The minimum Gasteiger partial charge on any atom is -0.343 e. The van der Waals surface area contributed by atoms with E-state index in [1.807, 2.05) is 0 Å². The third-order valence-electron chi connectivity index (χ3n) is 5.92. The van der Waals surface area contributed by atoms with Gasteiger partial charge in [-0.2, -0.15) is 0 Å². The van der Waals surface area contributed by atoms with Gasteiger partial charge in [-0.15, -0.1) is 0 Å². The van der Waals surface area contributed by atoms with Crippen molar-refractivity contribution >= 4 is 27.7 Å². The number of nitrogens with zero attached hydrogens (tertiary/aromatic N) is 1. The number of halogens is 1. The average molecular weight is 429 g/mol. The van der Waals surface area contributed by atoms with Crippen molar-refractivity contribution in [1.82, 2.24) is 5.32 Å². The third-order valence-corrected chi connectivity index (χ3v) is 7.79. The molecule has 2 aromatic carbocycles. The normalized spacial score (nSPS) is 20.0. The number of anilines is 1. The lowest BCUT2D eigenvalue weighted by Gasteiger charge is -2.30. The Hall–Kier alpha value is -2.67. The maximum atomic E-state index is 13.3. The van der Waals surface area contributed by atoms with E-state index in [0.29, 0.717) is 18.7 Å². The highest BCUT2D eigenvalue weighted by atomic mass is 32.2. The molecule has 0 aromatic heterocycles. The van der Waals surface area contributed by atoms with Gasteiger partial charge in [0.25, 0.3) is 0 Å². The van der Waals surface area contributed by atoms with Gasteiger partial charge < -0.3 is 5.32 Å². The zero-order valence-corrected chi connectivity index (χ0v) is 17.5. The summed E-state index contributed by atoms with van der Waals surface area (Å²) in [4.78, 5) is 12.6. The summed E-state index contributed by atoms with van der Waals surface area (Å²) in [5, 5.41) is 3.13. The molecule has 4 rings (SSSR count). The zero-order valence-electron chi connectivity index (χ0n) is 16.7. The molecule has 1 saturated heterocycles. The molecule has 0 unspecified atom stereocenters. The van der Waals surface area contributed by atoms with E-state index >= 15 is 0 Å². The highest BCUT2D eigenvalue weighted by Crippen LogP contribution is 2.38. The van der Waals surface area contributed by atoms with E-state index in [2.05, 4.69) is 5.32 Å². The van der Waals surface area contributed by atoms with Crippen LogP contribution in [0, 0.1) is 5.82 Å². The fourth-order valence-corrected chi connectivity index (χ4v) is 5.93. The smallest absolute Gasteiger partial charge is 0.244 e. The van der Waals surface area contributed by atoms with Crippen molar-refractivity contribution in [1.29, 1.82) is 0 Å². The molecule has 7 heteroatoms. The molecule has 0 bridgehead atoms. The molecule has 2 aromatic rings. The molecule has 0 radical (unpaired) electrons. The molecule has 1 heterocycles. The van der Waals surface area contributed by atoms with Crippen molar-refractivity contribution in [2.45, 2.75) is 37.6 Å². The molecule has 5 nitrogen and oxygen atoms in total. The van der Waals surface area contributed by atoms with Gasteiger partial charge in [0.2, 0.25) is 15.9 Å². The first-order valence-electron chi connectivity index (χ1n) is 10.2. The predicted molar refractivity (Wildman–Crippen MR) is 116 cm³/mol. The topological polar surface area (TPSA) is 66.5 Å². The summed E-state index contributed by atoms with van der Waals surface area (Å²) in [5.41, 5.74) is 1.94. The molecule has 1 amide bonds. The standard InChI is InChI=1S/C23H25FN2O3S/c24-20-9-7-19(8-10-20)23(14-1-2-15-23)25-22(27)13-6-18-4-11-21(12-5-18)26-16-3-17-30(26,28)29/h4-13H,1-3,14-17H2,(H,25,27)/b13-6+. The average Bonchev–Trinajstić information content (AvgIpc) is 3.34. The minimum atomic E-state index is -3.20. The van der Waals surface area contributed by atoms with Crippen LogP contribution >= 0.6 is 0 Å². The lowest BCUT2D eigenvalue weighted by Crippen LogP contribution is -2.43. The van der Waals surface area contributed by atoms with Gasteiger partial charge in [-0.25, -0.2) is 12.8 Å². The summed E-state index contributed by atoms with van der Waals surface area (Å²) in [5.74, 6) is -0.305. The van der Waals surface area contributed by atoms with Crippen LogP contribution in [0.5, 0.6) is 0 Å². The molecule has 2 aliphatic rings. The predicted octanol–water partition coefficient (Wildman–Crippen LogP) is 3.96. The van der Waals surface area contributed by atoms with Crippen LogP contribution in [-0.2, 0) is 20.4 Å². The molecule has 30 heavy (non-hydrogen) atoms. The van der Waals surface area contributed by atoms with Gasteiger partial charge in [0, 0.05) is 12.6 Å². The largest absolute Gasteiger partial charge is 0.343 e. The number of carbonyl (C=O) groups excluding carboxylic acids is 1. The number of sulfonamides is 1. The number of nitrogens with one attached hydrogen (secondary N) is 1. The monoisotopic (exact) mass is 428 g/mol. The molecule has 158 valence electrons. The van der Waals surface area contributed by atoms with Crippen molar-refractivity contribution in [2.24, 2.45) is 0 Å². The van der Waals surface area contributed by atoms with Crippen molar-refractivity contribution in [3.05, 3.63) is 71.6 Å². The number of amides is 1. The molecule has 1 aliphatic carbocycles. The second-order valence-corrected chi connectivity index (χ2v) is 9.96. The fraction of sp³-hybridized carbons (Fsp3) is 0.348.